The quantitative estimate of drug-likeness (QED) is 0.621. The molecule has 0 aromatic rings. The van der Waals surface area contributed by atoms with Crippen LogP contribution in [0.1, 0.15) is 52.9 Å². The number of rotatable bonds is 6. The Balaban J connectivity index is 1.96. The van der Waals surface area contributed by atoms with Gasteiger partial charge in [-0.2, -0.15) is 0 Å². The van der Waals surface area contributed by atoms with Crippen molar-refractivity contribution in [2.45, 2.75) is 70.6 Å². The van der Waals surface area contributed by atoms with E-state index >= 15 is 0 Å². The number of carboxylic acids is 1. The van der Waals surface area contributed by atoms with E-state index in [2.05, 4.69) is 26.1 Å². The summed E-state index contributed by atoms with van der Waals surface area (Å²) in [5.41, 5.74) is 4.44. The van der Waals surface area contributed by atoms with Crippen LogP contribution in [0.15, 0.2) is 0 Å². The molecule has 1 amide bonds. The topological polar surface area (TPSA) is 119 Å². The lowest BCUT2D eigenvalue weighted by molar-refractivity contribution is -0.161. The van der Waals surface area contributed by atoms with Crippen molar-refractivity contribution < 1.29 is 24.2 Å². The Kier molecular flexibility index (Phi) is 4.71. The van der Waals surface area contributed by atoms with E-state index in [-0.39, 0.29) is 17.4 Å². The number of carbonyl (C=O) groups is 3. The third-order valence-electron chi connectivity index (χ3n) is 5.00. The standard InChI is InChI=1S/C16H26N2O5/c1-9-4-5-15(2,3)12(9)23-14(22)16(6-7-16)18-13(21)10(17)8-11(19)20/h9-10,12H,4-8,17H2,1-3H3,(H,18,21)(H,19,20)/t9?,10-,12?/m0/s1. The first-order valence-electron chi connectivity index (χ1n) is 8.08. The van der Waals surface area contributed by atoms with Crippen LogP contribution >= 0.6 is 0 Å². The zero-order valence-corrected chi connectivity index (χ0v) is 13.9. The number of hydrogen-bond donors (Lipinski definition) is 3. The fourth-order valence-electron chi connectivity index (χ4n) is 3.28. The van der Waals surface area contributed by atoms with Crippen LogP contribution in [0.3, 0.4) is 0 Å². The molecule has 2 fully saturated rings. The summed E-state index contributed by atoms with van der Waals surface area (Å²) in [5, 5.41) is 11.3. The van der Waals surface area contributed by atoms with E-state index in [1.807, 2.05) is 0 Å². The SMILES string of the molecule is CC1CCC(C)(C)C1OC(=O)C1(NC(=O)[C@@H](N)CC(=O)O)CC1. The fourth-order valence-corrected chi connectivity index (χ4v) is 3.28. The molecule has 0 spiro atoms. The second kappa shape index (κ2) is 6.11. The number of carboxylic acid groups (broad SMARTS) is 1. The lowest BCUT2D eigenvalue weighted by atomic mass is 9.87. The minimum Gasteiger partial charge on any atom is -0.481 e. The monoisotopic (exact) mass is 326 g/mol. The largest absolute Gasteiger partial charge is 0.481 e. The summed E-state index contributed by atoms with van der Waals surface area (Å²) >= 11 is 0. The van der Waals surface area contributed by atoms with Gasteiger partial charge in [0.1, 0.15) is 11.6 Å². The third kappa shape index (κ3) is 3.83. The summed E-state index contributed by atoms with van der Waals surface area (Å²) in [6.45, 7) is 6.22. The van der Waals surface area contributed by atoms with Gasteiger partial charge in [-0.1, -0.05) is 20.8 Å². The van der Waals surface area contributed by atoms with Gasteiger partial charge in [-0.25, -0.2) is 4.79 Å². The number of ether oxygens (including phenoxy) is 1. The Bertz CT molecular complexity index is 513. The molecule has 2 aliphatic rings. The normalized spacial score (nSPS) is 28.7. The second-order valence-corrected chi connectivity index (χ2v) is 7.61. The van der Waals surface area contributed by atoms with Crippen LogP contribution in [0.4, 0.5) is 0 Å². The lowest BCUT2D eigenvalue weighted by Gasteiger charge is -2.31. The fraction of sp³-hybridized carbons (Fsp3) is 0.812. The number of hydrogen-bond acceptors (Lipinski definition) is 5. The molecule has 2 unspecified atom stereocenters. The maximum absolute atomic E-state index is 12.5. The highest BCUT2D eigenvalue weighted by molar-refractivity contribution is 5.93. The molecule has 4 N–H and O–H groups in total. The van der Waals surface area contributed by atoms with Crippen molar-refractivity contribution in [3.8, 4) is 0 Å². The number of nitrogens with one attached hydrogen (secondary N) is 1. The van der Waals surface area contributed by atoms with Crippen molar-refractivity contribution in [2.75, 3.05) is 0 Å². The van der Waals surface area contributed by atoms with Crippen molar-refractivity contribution in [2.24, 2.45) is 17.1 Å². The van der Waals surface area contributed by atoms with Gasteiger partial charge in [0.2, 0.25) is 5.91 Å². The minimum atomic E-state index is -1.17. The molecule has 2 rings (SSSR count). The van der Waals surface area contributed by atoms with Crippen molar-refractivity contribution in [3.63, 3.8) is 0 Å². The summed E-state index contributed by atoms with van der Waals surface area (Å²) < 4.78 is 5.72. The Morgan fingerprint density at radius 1 is 1.30 bits per heavy atom. The second-order valence-electron chi connectivity index (χ2n) is 7.61. The summed E-state index contributed by atoms with van der Waals surface area (Å²) in [4.78, 5) is 35.1. The Morgan fingerprint density at radius 3 is 2.35 bits per heavy atom. The van der Waals surface area contributed by atoms with E-state index in [4.69, 9.17) is 15.6 Å². The van der Waals surface area contributed by atoms with Crippen LogP contribution in [0.25, 0.3) is 0 Å². The van der Waals surface area contributed by atoms with Crippen molar-refractivity contribution in [1.29, 1.82) is 0 Å². The first kappa shape index (κ1) is 17.7. The molecule has 0 aromatic carbocycles. The van der Waals surface area contributed by atoms with Gasteiger partial charge in [0.15, 0.2) is 0 Å². The highest BCUT2D eigenvalue weighted by Gasteiger charge is 2.55. The van der Waals surface area contributed by atoms with Crippen LogP contribution in [0, 0.1) is 11.3 Å². The van der Waals surface area contributed by atoms with Crippen LogP contribution in [0.2, 0.25) is 0 Å². The van der Waals surface area contributed by atoms with Gasteiger partial charge < -0.3 is 20.9 Å². The molecule has 2 saturated carbocycles. The minimum absolute atomic E-state index is 0.0745. The van der Waals surface area contributed by atoms with Gasteiger partial charge in [-0.3, -0.25) is 9.59 Å². The van der Waals surface area contributed by atoms with Crippen LogP contribution in [-0.2, 0) is 19.1 Å². The molecular formula is C16H26N2O5. The smallest absolute Gasteiger partial charge is 0.332 e. The van der Waals surface area contributed by atoms with E-state index in [1.165, 1.54) is 0 Å². The molecule has 0 bridgehead atoms. The average Bonchev–Trinajstić information content (AvgIpc) is 3.16. The molecular weight excluding hydrogens is 300 g/mol. The van der Waals surface area contributed by atoms with E-state index in [0.717, 1.165) is 12.8 Å². The van der Waals surface area contributed by atoms with E-state index in [9.17, 15) is 14.4 Å². The predicted molar refractivity (Wildman–Crippen MR) is 82.4 cm³/mol. The Labute approximate surface area is 135 Å². The Morgan fingerprint density at radius 2 is 1.91 bits per heavy atom. The molecule has 0 saturated heterocycles. The number of amides is 1. The number of nitrogens with two attached hydrogens (primary N) is 1. The Hall–Kier alpha value is -1.63. The molecule has 130 valence electrons. The molecule has 0 radical (unpaired) electrons. The molecule has 7 heteroatoms. The van der Waals surface area contributed by atoms with Crippen LogP contribution < -0.4 is 11.1 Å². The van der Waals surface area contributed by atoms with Crippen molar-refractivity contribution >= 4 is 17.8 Å². The highest BCUT2D eigenvalue weighted by atomic mass is 16.5. The van der Waals surface area contributed by atoms with Crippen LogP contribution in [-0.4, -0.2) is 40.6 Å². The van der Waals surface area contributed by atoms with Crippen molar-refractivity contribution in [1.82, 2.24) is 5.32 Å². The molecule has 0 heterocycles. The van der Waals surface area contributed by atoms with E-state index in [0.29, 0.717) is 12.8 Å². The molecule has 0 aliphatic heterocycles. The summed E-state index contributed by atoms with van der Waals surface area (Å²) in [7, 11) is 0. The zero-order valence-electron chi connectivity index (χ0n) is 13.9. The van der Waals surface area contributed by atoms with Gasteiger partial charge in [0.05, 0.1) is 12.5 Å². The first-order chi connectivity index (χ1) is 10.6. The number of aliphatic carboxylic acids is 1. The van der Waals surface area contributed by atoms with Gasteiger partial charge >= 0.3 is 11.9 Å². The average molecular weight is 326 g/mol. The molecule has 3 atom stereocenters. The maximum atomic E-state index is 12.5. The summed E-state index contributed by atoms with van der Waals surface area (Å²) in [5.74, 6) is -1.92. The molecule has 0 aromatic heterocycles. The third-order valence-corrected chi connectivity index (χ3v) is 5.00. The van der Waals surface area contributed by atoms with Gasteiger partial charge in [-0.05, 0) is 31.6 Å². The number of esters is 1. The summed E-state index contributed by atoms with van der Waals surface area (Å²) in [6.07, 6.45) is 2.36. The van der Waals surface area contributed by atoms with Gasteiger partial charge in [-0.15, -0.1) is 0 Å². The highest BCUT2D eigenvalue weighted by Crippen LogP contribution is 2.45. The predicted octanol–water partition coefficient (Wildman–Crippen LogP) is 0.805. The van der Waals surface area contributed by atoms with Gasteiger partial charge in [0.25, 0.3) is 0 Å². The van der Waals surface area contributed by atoms with Crippen molar-refractivity contribution in [3.05, 3.63) is 0 Å². The zero-order chi connectivity index (χ0) is 17.4. The summed E-state index contributed by atoms with van der Waals surface area (Å²) in [6, 6.07) is -1.17. The molecule has 2 aliphatic carbocycles. The van der Waals surface area contributed by atoms with E-state index in [1.54, 1.807) is 0 Å². The molecule has 7 nitrogen and oxygen atoms in total. The maximum Gasteiger partial charge on any atom is 0.332 e. The lowest BCUT2D eigenvalue weighted by Crippen LogP contribution is -2.52. The van der Waals surface area contributed by atoms with Gasteiger partial charge in [0, 0.05) is 5.41 Å². The first-order valence-corrected chi connectivity index (χ1v) is 8.08. The number of carbonyl (C=O) groups excluding carboxylic acids is 2. The van der Waals surface area contributed by atoms with E-state index < -0.39 is 35.8 Å². The van der Waals surface area contributed by atoms with Crippen LogP contribution in [0.5, 0.6) is 0 Å². The molecule has 23 heavy (non-hydrogen) atoms.